The highest BCUT2D eigenvalue weighted by atomic mass is 16.5. The third-order valence-corrected chi connectivity index (χ3v) is 3.65. The van der Waals surface area contributed by atoms with Crippen molar-refractivity contribution in [1.29, 1.82) is 0 Å². The van der Waals surface area contributed by atoms with Gasteiger partial charge in [-0.1, -0.05) is 30.3 Å². The molecule has 0 aromatic heterocycles. The molecule has 1 aromatic rings. The van der Waals surface area contributed by atoms with Gasteiger partial charge in [0.15, 0.2) is 0 Å². The van der Waals surface area contributed by atoms with E-state index in [0.717, 1.165) is 5.56 Å². The summed E-state index contributed by atoms with van der Waals surface area (Å²) in [5.74, 6) is -0.374. The summed E-state index contributed by atoms with van der Waals surface area (Å²) in [6.07, 6.45) is -0.115. The molecule has 1 aliphatic rings. The van der Waals surface area contributed by atoms with Gasteiger partial charge >= 0.3 is 6.03 Å². The number of likely N-dealkylation sites (N-methyl/N-ethyl adjacent to an activating group) is 1. The molecule has 1 aliphatic heterocycles. The first kappa shape index (κ1) is 17.2. The summed E-state index contributed by atoms with van der Waals surface area (Å²) in [6, 6.07) is 9.68. The highest BCUT2D eigenvalue weighted by molar-refractivity contribution is 5.76. The van der Waals surface area contributed by atoms with Crippen molar-refractivity contribution in [3.8, 4) is 0 Å². The van der Waals surface area contributed by atoms with Crippen molar-refractivity contribution in [2.24, 2.45) is 5.73 Å². The molecule has 7 heteroatoms. The molecule has 7 nitrogen and oxygen atoms in total. The number of primary amides is 1. The van der Waals surface area contributed by atoms with Crippen molar-refractivity contribution >= 4 is 11.9 Å². The molecule has 1 unspecified atom stereocenters. The normalized spacial score (nSPS) is 18.0. The van der Waals surface area contributed by atoms with Crippen LogP contribution < -0.4 is 11.1 Å². The molecule has 3 N–H and O–H groups in total. The average molecular weight is 320 g/mol. The van der Waals surface area contributed by atoms with E-state index in [1.807, 2.05) is 37.4 Å². The molecule has 1 saturated heterocycles. The van der Waals surface area contributed by atoms with Gasteiger partial charge in [-0.25, -0.2) is 4.79 Å². The van der Waals surface area contributed by atoms with E-state index in [4.69, 9.17) is 10.5 Å². The van der Waals surface area contributed by atoms with Gasteiger partial charge in [-0.2, -0.15) is 0 Å². The van der Waals surface area contributed by atoms with Crippen LogP contribution in [0.1, 0.15) is 5.56 Å². The van der Waals surface area contributed by atoms with Gasteiger partial charge in [0.1, 0.15) is 0 Å². The molecule has 0 saturated carbocycles. The third-order valence-electron chi connectivity index (χ3n) is 3.65. The Morgan fingerprint density at radius 3 is 2.83 bits per heavy atom. The number of carbonyl (C=O) groups excluding carboxylic acids is 2. The monoisotopic (exact) mass is 320 g/mol. The molecule has 0 bridgehead atoms. The molecule has 0 radical (unpaired) electrons. The maximum atomic E-state index is 12.3. The molecule has 1 fully saturated rings. The van der Waals surface area contributed by atoms with Crippen LogP contribution in [0.25, 0.3) is 0 Å². The Balaban J connectivity index is 1.78. The SMILES string of the molecule is CN(CC(N)=O)CC1CN(C(=O)NCc2ccccc2)CCO1. The van der Waals surface area contributed by atoms with E-state index in [1.165, 1.54) is 0 Å². The van der Waals surface area contributed by atoms with Crippen LogP contribution in [0.15, 0.2) is 30.3 Å². The van der Waals surface area contributed by atoms with Gasteiger partial charge in [-0.05, 0) is 12.6 Å². The van der Waals surface area contributed by atoms with Gasteiger partial charge in [-0.3, -0.25) is 9.69 Å². The van der Waals surface area contributed by atoms with Crippen LogP contribution in [0.3, 0.4) is 0 Å². The maximum Gasteiger partial charge on any atom is 0.317 e. The molecular formula is C16H24N4O3. The summed E-state index contributed by atoms with van der Waals surface area (Å²) in [7, 11) is 1.81. The zero-order chi connectivity index (χ0) is 16.7. The van der Waals surface area contributed by atoms with E-state index in [2.05, 4.69) is 5.32 Å². The second-order valence-electron chi connectivity index (χ2n) is 5.75. The lowest BCUT2D eigenvalue weighted by Gasteiger charge is -2.34. The molecule has 3 amide bonds. The lowest BCUT2D eigenvalue weighted by molar-refractivity contribution is -0.119. The molecule has 0 spiro atoms. The minimum absolute atomic E-state index is 0.0975. The van der Waals surface area contributed by atoms with Crippen molar-refractivity contribution in [2.45, 2.75) is 12.6 Å². The second kappa shape index (κ2) is 8.50. The molecule has 1 heterocycles. The fourth-order valence-corrected chi connectivity index (χ4v) is 2.58. The van der Waals surface area contributed by atoms with Crippen LogP contribution in [0.4, 0.5) is 4.79 Å². The lowest BCUT2D eigenvalue weighted by Crippen LogP contribution is -2.52. The molecule has 126 valence electrons. The second-order valence-corrected chi connectivity index (χ2v) is 5.75. The number of nitrogens with two attached hydrogens (primary N) is 1. The Hall–Kier alpha value is -2.12. The van der Waals surface area contributed by atoms with E-state index >= 15 is 0 Å². The van der Waals surface area contributed by atoms with E-state index in [1.54, 1.807) is 9.80 Å². The maximum absolute atomic E-state index is 12.3. The van der Waals surface area contributed by atoms with Gasteiger partial charge in [0.25, 0.3) is 0 Å². The number of carbonyl (C=O) groups is 2. The van der Waals surface area contributed by atoms with Crippen LogP contribution in [-0.4, -0.2) is 67.7 Å². The summed E-state index contributed by atoms with van der Waals surface area (Å²) in [5.41, 5.74) is 6.23. The van der Waals surface area contributed by atoms with Crippen LogP contribution in [0.5, 0.6) is 0 Å². The Bertz CT molecular complexity index is 523. The molecular weight excluding hydrogens is 296 g/mol. The number of rotatable bonds is 6. The summed E-state index contributed by atoms with van der Waals surface area (Å²) < 4.78 is 5.66. The van der Waals surface area contributed by atoms with E-state index in [9.17, 15) is 9.59 Å². The zero-order valence-corrected chi connectivity index (χ0v) is 13.4. The average Bonchev–Trinajstić information content (AvgIpc) is 2.53. The van der Waals surface area contributed by atoms with E-state index in [-0.39, 0.29) is 24.6 Å². The predicted octanol–water partition coefficient (Wildman–Crippen LogP) is 0.0141. The van der Waals surface area contributed by atoms with E-state index in [0.29, 0.717) is 32.8 Å². The Kier molecular flexibility index (Phi) is 6.37. The zero-order valence-electron chi connectivity index (χ0n) is 13.4. The minimum Gasteiger partial charge on any atom is -0.373 e. The Labute approximate surface area is 136 Å². The summed E-state index contributed by atoms with van der Waals surface area (Å²) in [6.45, 7) is 2.81. The quantitative estimate of drug-likeness (QED) is 0.773. The number of nitrogens with zero attached hydrogens (tertiary/aromatic N) is 2. The van der Waals surface area contributed by atoms with Gasteiger partial charge in [0.05, 0.1) is 19.3 Å². The number of hydrogen-bond donors (Lipinski definition) is 2. The fourth-order valence-electron chi connectivity index (χ4n) is 2.58. The fraction of sp³-hybridized carbons (Fsp3) is 0.500. The first-order valence-electron chi connectivity index (χ1n) is 7.69. The number of morpholine rings is 1. The first-order chi connectivity index (χ1) is 11.0. The highest BCUT2D eigenvalue weighted by Crippen LogP contribution is 2.07. The number of nitrogens with one attached hydrogen (secondary N) is 1. The first-order valence-corrected chi connectivity index (χ1v) is 7.69. The van der Waals surface area contributed by atoms with Gasteiger partial charge in [0, 0.05) is 26.2 Å². The smallest absolute Gasteiger partial charge is 0.317 e. The predicted molar refractivity (Wildman–Crippen MR) is 86.7 cm³/mol. The number of amides is 3. The summed E-state index contributed by atoms with van der Waals surface area (Å²) in [5, 5.41) is 2.92. The third kappa shape index (κ3) is 5.88. The standard InChI is InChI=1S/C16H24N4O3/c1-19(12-15(17)21)10-14-11-20(7-8-23-14)16(22)18-9-13-5-3-2-4-6-13/h2-6,14H,7-12H2,1H3,(H2,17,21)(H,18,22). The Morgan fingerprint density at radius 1 is 1.39 bits per heavy atom. The topological polar surface area (TPSA) is 87.9 Å². The van der Waals surface area contributed by atoms with Crippen LogP contribution in [-0.2, 0) is 16.1 Å². The van der Waals surface area contributed by atoms with Crippen molar-refractivity contribution in [2.75, 3.05) is 39.8 Å². The highest BCUT2D eigenvalue weighted by Gasteiger charge is 2.25. The molecule has 2 rings (SSSR count). The largest absolute Gasteiger partial charge is 0.373 e. The van der Waals surface area contributed by atoms with Gasteiger partial charge < -0.3 is 20.7 Å². The molecule has 23 heavy (non-hydrogen) atoms. The molecule has 1 aromatic carbocycles. The van der Waals surface area contributed by atoms with Crippen LogP contribution in [0, 0.1) is 0 Å². The molecule has 0 aliphatic carbocycles. The minimum atomic E-state index is -0.374. The lowest BCUT2D eigenvalue weighted by atomic mass is 10.2. The molecule has 1 atom stereocenters. The van der Waals surface area contributed by atoms with Gasteiger partial charge in [-0.15, -0.1) is 0 Å². The van der Waals surface area contributed by atoms with Crippen molar-refractivity contribution < 1.29 is 14.3 Å². The summed E-state index contributed by atoms with van der Waals surface area (Å²) in [4.78, 5) is 26.7. The number of urea groups is 1. The number of hydrogen-bond acceptors (Lipinski definition) is 4. The van der Waals surface area contributed by atoms with Crippen LogP contribution in [0.2, 0.25) is 0 Å². The van der Waals surface area contributed by atoms with E-state index < -0.39 is 0 Å². The van der Waals surface area contributed by atoms with Gasteiger partial charge in [0.2, 0.25) is 5.91 Å². The number of benzene rings is 1. The van der Waals surface area contributed by atoms with Crippen molar-refractivity contribution in [3.05, 3.63) is 35.9 Å². The number of ether oxygens (including phenoxy) is 1. The Morgan fingerprint density at radius 2 is 2.13 bits per heavy atom. The van der Waals surface area contributed by atoms with Crippen molar-refractivity contribution in [1.82, 2.24) is 15.1 Å². The van der Waals surface area contributed by atoms with Crippen LogP contribution >= 0.6 is 0 Å². The van der Waals surface area contributed by atoms with Crippen molar-refractivity contribution in [3.63, 3.8) is 0 Å². The summed E-state index contributed by atoms with van der Waals surface area (Å²) >= 11 is 0.